The molecule has 1 atom stereocenters. The van der Waals surface area contributed by atoms with Crippen LogP contribution in [0.3, 0.4) is 0 Å². The molecule has 4 rings (SSSR count). The first-order valence-corrected chi connectivity index (χ1v) is 9.91. The molecule has 3 fully saturated rings. The lowest BCUT2D eigenvalue weighted by Gasteiger charge is -2.36. The van der Waals surface area contributed by atoms with Gasteiger partial charge in [0.1, 0.15) is 6.10 Å². The lowest BCUT2D eigenvalue weighted by atomic mass is 9.76. The summed E-state index contributed by atoms with van der Waals surface area (Å²) in [6.45, 7) is 3.90. The highest BCUT2D eigenvalue weighted by atomic mass is 35.5. The maximum absolute atomic E-state index is 12.5. The molecule has 4 heterocycles. The summed E-state index contributed by atoms with van der Waals surface area (Å²) in [5.74, 6) is 0.00780. The minimum absolute atomic E-state index is 0.00303. The summed E-state index contributed by atoms with van der Waals surface area (Å²) in [6.07, 6.45) is 4.55. The Balaban J connectivity index is 0.000000706. The first kappa shape index (κ1) is 20.7. The molecule has 0 aliphatic carbocycles. The minimum atomic E-state index is -0.415. The van der Waals surface area contributed by atoms with E-state index in [2.05, 4.69) is 4.90 Å². The van der Waals surface area contributed by atoms with Crippen molar-refractivity contribution < 1.29 is 28.6 Å². The van der Waals surface area contributed by atoms with Gasteiger partial charge in [0.15, 0.2) is 11.0 Å². The van der Waals surface area contributed by atoms with Gasteiger partial charge in [-0.1, -0.05) is 0 Å². The second kappa shape index (κ2) is 8.96. The van der Waals surface area contributed by atoms with Crippen molar-refractivity contribution >= 4 is 29.9 Å². The van der Waals surface area contributed by atoms with Crippen molar-refractivity contribution in [2.75, 3.05) is 32.7 Å². The van der Waals surface area contributed by atoms with E-state index in [0.717, 1.165) is 26.1 Å². The number of hydrogen-bond acceptors (Lipinski definition) is 6. The van der Waals surface area contributed by atoms with Crippen molar-refractivity contribution in [3.8, 4) is 0 Å². The van der Waals surface area contributed by atoms with Gasteiger partial charge in [-0.25, -0.2) is 0 Å². The number of furan rings is 1. The molecule has 1 N–H and O–H groups in total. The van der Waals surface area contributed by atoms with Crippen molar-refractivity contribution in [1.29, 1.82) is 0 Å². The Kier molecular flexibility index (Phi) is 6.61. The highest BCUT2D eigenvalue weighted by molar-refractivity contribution is 6.29. The third-order valence-electron chi connectivity index (χ3n) is 5.78. The molecule has 154 valence electrons. The van der Waals surface area contributed by atoms with Crippen LogP contribution in [0.2, 0.25) is 5.22 Å². The number of amides is 1. The maximum atomic E-state index is 12.5. The number of rotatable bonds is 3. The Bertz CT molecular complexity index is 707. The van der Waals surface area contributed by atoms with Crippen molar-refractivity contribution in [3.05, 3.63) is 23.1 Å². The Labute approximate surface area is 168 Å². The third-order valence-corrected chi connectivity index (χ3v) is 5.98. The van der Waals surface area contributed by atoms with Gasteiger partial charge in [0.05, 0.1) is 5.41 Å². The maximum Gasteiger partial charge on any atom is 0.312 e. The summed E-state index contributed by atoms with van der Waals surface area (Å²) in [6, 6.07) is 3.16. The number of halogens is 1. The van der Waals surface area contributed by atoms with Crippen LogP contribution in [-0.4, -0.2) is 72.1 Å². The zero-order valence-electron chi connectivity index (χ0n) is 15.6. The molecule has 3 aliphatic heterocycles. The molecule has 3 saturated heterocycles. The van der Waals surface area contributed by atoms with Gasteiger partial charge >= 0.3 is 5.97 Å². The predicted molar refractivity (Wildman–Crippen MR) is 100 cm³/mol. The molecule has 1 amide bonds. The van der Waals surface area contributed by atoms with Crippen LogP contribution in [-0.2, 0) is 14.3 Å². The van der Waals surface area contributed by atoms with E-state index in [-0.39, 0.29) is 35.4 Å². The Morgan fingerprint density at radius 3 is 2.46 bits per heavy atom. The summed E-state index contributed by atoms with van der Waals surface area (Å²) in [5, 5.41) is 7.10. The van der Waals surface area contributed by atoms with Crippen LogP contribution in [0.1, 0.15) is 42.7 Å². The monoisotopic (exact) mass is 412 g/mol. The summed E-state index contributed by atoms with van der Waals surface area (Å²) in [5.41, 5.74) is -0.415. The topological polar surface area (TPSA) is 100 Å². The molecule has 0 radical (unpaired) electrons. The van der Waals surface area contributed by atoms with Gasteiger partial charge < -0.3 is 19.2 Å². The van der Waals surface area contributed by atoms with E-state index in [9.17, 15) is 9.59 Å². The van der Waals surface area contributed by atoms with Gasteiger partial charge in [-0.05, 0) is 62.5 Å². The summed E-state index contributed by atoms with van der Waals surface area (Å²) in [7, 11) is 0. The minimum Gasteiger partial charge on any atom is -0.483 e. The van der Waals surface area contributed by atoms with Crippen molar-refractivity contribution in [1.82, 2.24) is 9.80 Å². The number of piperidine rings is 1. The third kappa shape index (κ3) is 4.50. The summed E-state index contributed by atoms with van der Waals surface area (Å²) < 4.78 is 10.9. The summed E-state index contributed by atoms with van der Waals surface area (Å²) in [4.78, 5) is 37.4. The number of ether oxygens (including phenoxy) is 1. The second-order valence-corrected chi connectivity index (χ2v) is 7.89. The van der Waals surface area contributed by atoms with Gasteiger partial charge in [-0.3, -0.25) is 19.3 Å². The molecule has 1 spiro atoms. The van der Waals surface area contributed by atoms with Gasteiger partial charge in [-0.2, -0.15) is 0 Å². The van der Waals surface area contributed by atoms with Gasteiger partial charge in [-0.15, -0.1) is 0 Å². The number of cyclic esters (lactones) is 1. The molecule has 1 aromatic heterocycles. The van der Waals surface area contributed by atoms with Crippen LogP contribution in [0.15, 0.2) is 16.5 Å². The van der Waals surface area contributed by atoms with Crippen LogP contribution < -0.4 is 0 Å². The smallest absolute Gasteiger partial charge is 0.312 e. The normalized spacial score (nSPS) is 24.0. The standard InChI is InChI=1S/C18H23ClN2O4.CH2O2/c19-15-4-3-14(25-15)16(22)21-9-5-18(6-10-21)11-13(24-17(18)23)12-20-7-1-2-8-20;2-1-3/h3-4,13H,1-2,5-12H2;1H,(H,2,3). The molecule has 0 saturated carbocycles. The molecule has 0 bridgehead atoms. The summed E-state index contributed by atoms with van der Waals surface area (Å²) >= 11 is 5.74. The highest BCUT2D eigenvalue weighted by Gasteiger charge is 2.51. The van der Waals surface area contributed by atoms with E-state index in [0.29, 0.717) is 25.9 Å². The molecule has 8 nitrogen and oxygen atoms in total. The molecule has 3 aliphatic rings. The quantitative estimate of drug-likeness (QED) is 0.600. The molecule has 9 heteroatoms. The van der Waals surface area contributed by atoms with Crippen molar-refractivity contribution in [3.63, 3.8) is 0 Å². The average Bonchev–Trinajstić information content (AvgIpc) is 3.39. The SMILES string of the molecule is O=C(c1ccc(Cl)o1)N1CCC2(CC1)CC(CN1CCCC1)OC2=O.O=CO. The zero-order chi connectivity index (χ0) is 20.1. The van der Waals surface area contributed by atoms with Crippen molar-refractivity contribution in [2.24, 2.45) is 5.41 Å². The number of esters is 1. The number of carboxylic acid groups (broad SMARTS) is 1. The number of carbonyl (C=O) groups excluding carboxylic acids is 2. The van der Waals surface area contributed by atoms with Crippen LogP contribution >= 0.6 is 11.6 Å². The molecular formula is C19H25ClN2O6. The fourth-order valence-corrected chi connectivity index (χ4v) is 4.47. The molecule has 1 aromatic rings. The van der Waals surface area contributed by atoms with E-state index < -0.39 is 5.41 Å². The molecule has 0 aromatic carbocycles. The van der Waals surface area contributed by atoms with Gasteiger partial charge in [0.2, 0.25) is 0 Å². The largest absolute Gasteiger partial charge is 0.483 e. The van der Waals surface area contributed by atoms with Gasteiger partial charge in [0.25, 0.3) is 12.4 Å². The van der Waals surface area contributed by atoms with Crippen LogP contribution in [0.5, 0.6) is 0 Å². The number of hydrogen-bond donors (Lipinski definition) is 1. The number of nitrogens with zero attached hydrogens (tertiary/aromatic N) is 2. The fraction of sp³-hybridized carbons (Fsp3) is 0.632. The number of carbonyl (C=O) groups is 3. The van der Waals surface area contributed by atoms with Crippen LogP contribution in [0.4, 0.5) is 0 Å². The second-order valence-electron chi connectivity index (χ2n) is 7.52. The molecule has 28 heavy (non-hydrogen) atoms. The number of likely N-dealkylation sites (tertiary alicyclic amines) is 2. The molecular weight excluding hydrogens is 388 g/mol. The van der Waals surface area contributed by atoms with Crippen molar-refractivity contribution in [2.45, 2.75) is 38.2 Å². The van der Waals surface area contributed by atoms with E-state index in [1.165, 1.54) is 12.8 Å². The van der Waals surface area contributed by atoms with E-state index in [1.54, 1.807) is 17.0 Å². The zero-order valence-corrected chi connectivity index (χ0v) is 16.4. The average molecular weight is 413 g/mol. The van der Waals surface area contributed by atoms with E-state index >= 15 is 0 Å². The lowest BCUT2D eigenvalue weighted by molar-refractivity contribution is -0.151. The van der Waals surface area contributed by atoms with Crippen LogP contribution in [0.25, 0.3) is 0 Å². The first-order chi connectivity index (χ1) is 13.5. The Hall–Kier alpha value is -2.06. The fourth-order valence-electron chi connectivity index (χ4n) is 4.32. The highest BCUT2D eigenvalue weighted by Crippen LogP contribution is 2.43. The Morgan fingerprint density at radius 2 is 1.89 bits per heavy atom. The lowest BCUT2D eigenvalue weighted by Crippen LogP contribution is -2.45. The molecule has 1 unspecified atom stereocenters. The van der Waals surface area contributed by atoms with E-state index in [1.807, 2.05) is 0 Å². The predicted octanol–water partition coefficient (Wildman–Crippen LogP) is 2.27. The first-order valence-electron chi connectivity index (χ1n) is 9.53. The Morgan fingerprint density at radius 1 is 1.25 bits per heavy atom. The van der Waals surface area contributed by atoms with Gasteiger partial charge in [0, 0.05) is 26.1 Å². The van der Waals surface area contributed by atoms with E-state index in [4.69, 9.17) is 30.7 Å². The van der Waals surface area contributed by atoms with Crippen LogP contribution in [0, 0.1) is 5.41 Å².